The van der Waals surface area contributed by atoms with Crippen molar-refractivity contribution in [1.82, 2.24) is 0 Å². The molecule has 2 heteroatoms. The predicted octanol–water partition coefficient (Wildman–Crippen LogP) is 8.28. The molecule has 0 spiro atoms. The van der Waals surface area contributed by atoms with Crippen LogP contribution in [0.1, 0.15) is 142 Å². The summed E-state index contributed by atoms with van der Waals surface area (Å²) < 4.78 is 0. The fourth-order valence-corrected chi connectivity index (χ4v) is 7.97. The van der Waals surface area contributed by atoms with Gasteiger partial charge in [-0.3, -0.25) is 4.79 Å². The quantitative estimate of drug-likeness (QED) is 0.463. The normalized spacial score (nSPS) is 27.9. The molecule has 0 saturated heterocycles. The van der Waals surface area contributed by atoms with Gasteiger partial charge in [0.25, 0.3) is 0 Å². The smallest absolute Gasteiger partial charge is 0.310 e. The number of hydrogen-bond acceptors (Lipinski definition) is 1. The van der Waals surface area contributed by atoms with Gasteiger partial charge in [0.05, 0.1) is 5.41 Å². The molecular weight excluding hydrogens is 344 g/mol. The van der Waals surface area contributed by atoms with Crippen molar-refractivity contribution < 1.29 is 9.90 Å². The highest BCUT2D eigenvalue weighted by molar-refractivity contribution is 5.76. The summed E-state index contributed by atoms with van der Waals surface area (Å²) in [6.45, 7) is 2.32. The van der Waals surface area contributed by atoms with E-state index in [1.54, 1.807) is 0 Å². The van der Waals surface area contributed by atoms with Gasteiger partial charge in [-0.15, -0.1) is 0 Å². The predicted molar refractivity (Wildman–Crippen MR) is 118 cm³/mol. The fraction of sp³-hybridized carbons (Fsp3) is 0.962. The Bertz CT molecular complexity index is 471. The first kappa shape index (κ1) is 22.2. The molecule has 3 rings (SSSR count). The van der Waals surface area contributed by atoms with E-state index in [-0.39, 0.29) is 10.8 Å². The summed E-state index contributed by atoms with van der Waals surface area (Å²) in [4.78, 5) is 13.2. The lowest BCUT2D eigenvalue weighted by Crippen LogP contribution is -2.57. The molecule has 0 aromatic heterocycles. The van der Waals surface area contributed by atoms with Gasteiger partial charge in [-0.05, 0) is 55.8 Å². The van der Waals surface area contributed by atoms with E-state index in [1.807, 2.05) is 0 Å². The Hall–Kier alpha value is -0.530. The Morgan fingerprint density at radius 1 is 0.679 bits per heavy atom. The maximum atomic E-state index is 13.2. The van der Waals surface area contributed by atoms with Crippen LogP contribution in [0.3, 0.4) is 0 Å². The minimum atomic E-state index is -0.452. The monoisotopic (exact) mass is 390 g/mol. The largest absolute Gasteiger partial charge is 0.481 e. The SMILES string of the molecule is CCCCC1(C2(C3(C(=O)O)CCCCCC3)CCCCCC2)CCCCCC1. The first-order chi connectivity index (χ1) is 13.6. The maximum absolute atomic E-state index is 13.2. The van der Waals surface area contributed by atoms with Crippen molar-refractivity contribution in [2.45, 2.75) is 142 Å². The second-order valence-corrected chi connectivity index (χ2v) is 10.6. The first-order valence-electron chi connectivity index (χ1n) is 12.9. The molecule has 2 nitrogen and oxygen atoms in total. The summed E-state index contributed by atoms with van der Waals surface area (Å²) in [5.41, 5.74) is -0.120. The number of rotatable bonds is 6. The molecule has 0 aromatic carbocycles. The minimum absolute atomic E-state index is 0.0478. The molecule has 162 valence electrons. The van der Waals surface area contributed by atoms with Crippen LogP contribution >= 0.6 is 0 Å². The summed E-state index contributed by atoms with van der Waals surface area (Å²) in [6.07, 6.45) is 26.1. The molecule has 0 amide bonds. The van der Waals surface area contributed by atoms with Crippen molar-refractivity contribution in [2.24, 2.45) is 16.2 Å². The van der Waals surface area contributed by atoms with Crippen molar-refractivity contribution >= 4 is 5.97 Å². The van der Waals surface area contributed by atoms with E-state index >= 15 is 0 Å². The van der Waals surface area contributed by atoms with Crippen LogP contribution in [0.2, 0.25) is 0 Å². The molecule has 0 aliphatic heterocycles. The van der Waals surface area contributed by atoms with Gasteiger partial charge in [0.1, 0.15) is 0 Å². The van der Waals surface area contributed by atoms with E-state index in [1.165, 1.54) is 109 Å². The molecule has 0 unspecified atom stereocenters. The topological polar surface area (TPSA) is 37.3 Å². The molecule has 3 fully saturated rings. The highest BCUT2D eigenvalue weighted by Crippen LogP contribution is 2.68. The molecular formula is C26H46O2. The molecule has 0 bridgehead atoms. The van der Waals surface area contributed by atoms with Gasteiger partial charge >= 0.3 is 5.97 Å². The summed E-state index contributed by atoms with van der Waals surface area (Å²) in [7, 11) is 0. The van der Waals surface area contributed by atoms with Crippen LogP contribution in [0.4, 0.5) is 0 Å². The Morgan fingerprint density at radius 2 is 1.11 bits per heavy atom. The molecule has 28 heavy (non-hydrogen) atoms. The Morgan fingerprint density at radius 3 is 1.54 bits per heavy atom. The van der Waals surface area contributed by atoms with Gasteiger partial charge in [0.15, 0.2) is 0 Å². The molecule has 3 aliphatic carbocycles. The third kappa shape index (κ3) is 4.04. The van der Waals surface area contributed by atoms with Gasteiger partial charge in [-0.25, -0.2) is 0 Å². The third-order valence-electron chi connectivity index (χ3n) is 9.32. The van der Waals surface area contributed by atoms with Crippen molar-refractivity contribution in [3.05, 3.63) is 0 Å². The molecule has 3 saturated carbocycles. The Kier molecular flexibility index (Phi) is 7.90. The minimum Gasteiger partial charge on any atom is -0.481 e. The van der Waals surface area contributed by atoms with Gasteiger partial charge in [-0.1, -0.05) is 96.8 Å². The average Bonchev–Trinajstić information content (AvgIpc) is 3.19. The van der Waals surface area contributed by atoms with Crippen molar-refractivity contribution in [1.29, 1.82) is 0 Å². The molecule has 0 radical (unpaired) electrons. The lowest BCUT2D eigenvalue weighted by atomic mass is 9.43. The van der Waals surface area contributed by atoms with Crippen molar-refractivity contribution in [3.63, 3.8) is 0 Å². The number of aliphatic carboxylic acids is 1. The van der Waals surface area contributed by atoms with Crippen LogP contribution in [0, 0.1) is 16.2 Å². The molecule has 3 aliphatic rings. The zero-order chi connectivity index (χ0) is 19.9. The fourth-order valence-electron chi connectivity index (χ4n) is 7.97. The second kappa shape index (κ2) is 9.98. The second-order valence-electron chi connectivity index (χ2n) is 10.6. The highest BCUT2D eigenvalue weighted by Gasteiger charge is 2.63. The van der Waals surface area contributed by atoms with E-state index in [2.05, 4.69) is 6.92 Å². The van der Waals surface area contributed by atoms with Crippen LogP contribution < -0.4 is 0 Å². The van der Waals surface area contributed by atoms with Gasteiger partial charge in [-0.2, -0.15) is 0 Å². The Balaban J connectivity index is 2.14. The number of hydrogen-bond donors (Lipinski definition) is 1. The average molecular weight is 391 g/mol. The van der Waals surface area contributed by atoms with Crippen LogP contribution in [0.15, 0.2) is 0 Å². The molecule has 0 heterocycles. The van der Waals surface area contributed by atoms with Gasteiger partial charge in [0, 0.05) is 0 Å². The van der Waals surface area contributed by atoms with Gasteiger partial charge < -0.3 is 5.11 Å². The lowest BCUT2D eigenvalue weighted by Gasteiger charge is -2.60. The Labute approximate surface area is 174 Å². The maximum Gasteiger partial charge on any atom is 0.310 e. The highest BCUT2D eigenvalue weighted by atomic mass is 16.4. The van der Waals surface area contributed by atoms with E-state index in [0.717, 1.165) is 25.7 Å². The first-order valence-corrected chi connectivity index (χ1v) is 12.9. The number of unbranched alkanes of at least 4 members (excludes halogenated alkanes) is 1. The molecule has 0 atom stereocenters. The van der Waals surface area contributed by atoms with E-state index < -0.39 is 11.4 Å². The number of carboxylic acid groups (broad SMARTS) is 1. The van der Waals surface area contributed by atoms with Crippen molar-refractivity contribution in [3.8, 4) is 0 Å². The standard InChI is InChI=1S/C26H46O2/c1-2-3-16-24(17-10-4-5-11-18-24)26(21-14-8-9-15-22-26)25(23(27)28)19-12-6-7-13-20-25/h2-22H2,1H3,(H,27,28). The third-order valence-corrected chi connectivity index (χ3v) is 9.32. The summed E-state index contributed by atoms with van der Waals surface area (Å²) >= 11 is 0. The van der Waals surface area contributed by atoms with E-state index in [0.29, 0.717) is 0 Å². The summed E-state index contributed by atoms with van der Waals surface area (Å²) in [5.74, 6) is -0.420. The van der Waals surface area contributed by atoms with Crippen LogP contribution in [0.25, 0.3) is 0 Å². The van der Waals surface area contributed by atoms with E-state index in [4.69, 9.17) is 0 Å². The number of carboxylic acids is 1. The molecule has 0 aromatic rings. The summed E-state index contributed by atoms with van der Waals surface area (Å²) in [6, 6.07) is 0. The molecule has 1 N–H and O–H groups in total. The number of carbonyl (C=O) groups is 1. The lowest BCUT2D eigenvalue weighted by molar-refractivity contribution is -0.181. The van der Waals surface area contributed by atoms with Crippen LogP contribution in [0.5, 0.6) is 0 Å². The van der Waals surface area contributed by atoms with Crippen LogP contribution in [-0.4, -0.2) is 11.1 Å². The van der Waals surface area contributed by atoms with Crippen LogP contribution in [-0.2, 0) is 4.79 Å². The van der Waals surface area contributed by atoms with E-state index in [9.17, 15) is 9.90 Å². The zero-order valence-electron chi connectivity index (χ0n) is 18.7. The summed E-state index contributed by atoms with van der Waals surface area (Å²) in [5, 5.41) is 10.9. The van der Waals surface area contributed by atoms with Gasteiger partial charge in [0.2, 0.25) is 0 Å². The van der Waals surface area contributed by atoms with Crippen molar-refractivity contribution in [2.75, 3.05) is 0 Å². The zero-order valence-corrected chi connectivity index (χ0v) is 18.7.